The lowest BCUT2D eigenvalue weighted by molar-refractivity contribution is 0.673. The quantitative estimate of drug-likeness (QED) is 0.270. The van der Waals surface area contributed by atoms with E-state index in [-0.39, 0.29) is 0 Å². The molecule has 0 saturated heterocycles. The molecular formula is C30H19N3O. The van der Waals surface area contributed by atoms with Gasteiger partial charge in [0.25, 0.3) is 0 Å². The zero-order chi connectivity index (χ0) is 22.4. The Labute approximate surface area is 194 Å². The van der Waals surface area contributed by atoms with Crippen LogP contribution in [0.4, 0.5) is 0 Å². The van der Waals surface area contributed by atoms with E-state index >= 15 is 0 Å². The van der Waals surface area contributed by atoms with Gasteiger partial charge in [-0.05, 0) is 30.3 Å². The van der Waals surface area contributed by atoms with Gasteiger partial charge in [-0.3, -0.25) is 4.68 Å². The SMILES string of the molecule is Nn1c2ccccc2c2c3oc4ccccc4c3c3c4ccccc4n(-c4ccccc4)c3c21. The summed E-state index contributed by atoms with van der Waals surface area (Å²) in [6.45, 7) is 0. The lowest BCUT2D eigenvalue weighted by Crippen LogP contribution is -2.08. The number of nitrogens with two attached hydrogens (primary N) is 1. The molecule has 0 bridgehead atoms. The van der Waals surface area contributed by atoms with Crippen LogP contribution in [0.25, 0.3) is 71.2 Å². The number of benzene rings is 5. The Kier molecular flexibility index (Phi) is 3.25. The standard InChI is InChI=1S/C30H19N3O/c31-33-23-16-8-5-13-20(23)27-29(33)28-25(26-21-14-6-9-17-24(21)34-30(26)27)19-12-4-7-15-22(19)32(28)18-10-2-1-3-11-18/h1-17H,31H2. The van der Waals surface area contributed by atoms with E-state index in [1.165, 1.54) is 10.8 Å². The van der Waals surface area contributed by atoms with Crippen molar-refractivity contribution in [3.63, 3.8) is 0 Å². The van der Waals surface area contributed by atoms with Gasteiger partial charge in [-0.2, -0.15) is 0 Å². The molecule has 8 rings (SSSR count). The number of hydrogen-bond acceptors (Lipinski definition) is 2. The highest BCUT2D eigenvalue weighted by atomic mass is 16.3. The third kappa shape index (κ3) is 2.04. The fraction of sp³-hybridized carbons (Fsp3) is 0. The summed E-state index contributed by atoms with van der Waals surface area (Å²) in [5, 5.41) is 6.76. The summed E-state index contributed by atoms with van der Waals surface area (Å²) in [5.41, 5.74) is 7.08. The van der Waals surface area contributed by atoms with Crippen molar-refractivity contribution in [3.8, 4) is 5.69 Å². The molecule has 8 aromatic rings. The second kappa shape index (κ2) is 6.21. The molecule has 34 heavy (non-hydrogen) atoms. The zero-order valence-electron chi connectivity index (χ0n) is 18.2. The second-order valence-corrected chi connectivity index (χ2v) is 8.82. The summed E-state index contributed by atoms with van der Waals surface area (Å²) in [6, 6.07) is 35.7. The van der Waals surface area contributed by atoms with E-state index in [1.54, 1.807) is 0 Å². The molecule has 0 radical (unpaired) electrons. The third-order valence-corrected chi connectivity index (χ3v) is 7.10. The number of nitrogens with zero attached hydrogens (tertiary/aromatic N) is 2. The molecule has 4 heteroatoms. The molecule has 0 fully saturated rings. The third-order valence-electron chi connectivity index (χ3n) is 7.10. The van der Waals surface area contributed by atoms with Crippen LogP contribution in [0.2, 0.25) is 0 Å². The van der Waals surface area contributed by atoms with E-state index in [0.29, 0.717) is 0 Å². The van der Waals surface area contributed by atoms with Crippen molar-refractivity contribution in [2.45, 2.75) is 0 Å². The van der Waals surface area contributed by atoms with Crippen LogP contribution < -0.4 is 5.84 Å². The minimum Gasteiger partial charge on any atom is -0.455 e. The highest BCUT2D eigenvalue weighted by Crippen LogP contribution is 2.47. The molecule has 0 aliphatic rings. The summed E-state index contributed by atoms with van der Waals surface area (Å²) in [4.78, 5) is 0. The predicted octanol–water partition coefficient (Wildman–Crippen LogP) is 7.50. The Balaban J connectivity index is 1.83. The van der Waals surface area contributed by atoms with E-state index in [9.17, 15) is 0 Å². The minimum atomic E-state index is 0.886. The van der Waals surface area contributed by atoms with Crippen molar-refractivity contribution in [3.05, 3.63) is 103 Å². The van der Waals surface area contributed by atoms with Crippen molar-refractivity contribution in [1.82, 2.24) is 9.24 Å². The first-order valence-electron chi connectivity index (χ1n) is 11.4. The van der Waals surface area contributed by atoms with Gasteiger partial charge in [0.05, 0.1) is 27.5 Å². The first-order chi connectivity index (χ1) is 16.8. The largest absolute Gasteiger partial charge is 0.455 e. The summed E-state index contributed by atoms with van der Waals surface area (Å²) < 4.78 is 10.8. The van der Waals surface area contributed by atoms with Gasteiger partial charge < -0.3 is 14.8 Å². The molecule has 0 aliphatic heterocycles. The molecule has 0 unspecified atom stereocenters. The van der Waals surface area contributed by atoms with Crippen LogP contribution in [0.3, 0.4) is 0 Å². The van der Waals surface area contributed by atoms with E-state index in [1.807, 2.05) is 22.9 Å². The molecular weight excluding hydrogens is 418 g/mol. The molecule has 5 aromatic carbocycles. The molecule has 0 atom stereocenters. The Hall–Kier alpha value is -4.70. The average molecular weight is 438 g/mol. The maximum absolute atomic E-state index is 6.86. The molecule has 2 N–H and O–H groups in total. The molecule has 0 amide bonds. The first kappa shape index (κ1) is 17.8. The van der Waals surface area contributed by atoms with Gasteiger partial charge >= 0.3 is 0 Å². The molecule has 0 aliphatic carbocycles. The van der Waals surface area contributed by atoms with Crippen molar-refractivity contribution >= 4 is 65.6 Å². The molecule has 0 saturated carbocycles. The normalized spacial score (nSPS) is 12.2. The summed E-state index contributed by atoms with van der Waals surface area (Å²) in [7, 11) is 0. The van der Waals surface area contributed by atoms with Crippen LogP contribution in [0.5, 0.6) is 0 Å². The zero-order valence-corrected chi connectivity index (χ0v) is 18.2. The Bertz CT molecular complexity index is 2070. The van der Waals surface area contributed by atoms with Crippen molar-refractivity contribution in [2.24, 2.45) is 0 Å². The van der Waals surface area contributed by atoms with E-state index in [4.69, 9.17) is 10.3 Å². The summed E-state index contributed by atoms with van der Waals surface area (Å²) in [5.74, 6) is 6.86. The van der Waals surface area contributed by atoms with E-state index in [0.717, 1.165) is 60.5 Å². The van der Waals surface area contributed by atoms with Gasteiger partial charge in [0.1, 0.15) is 11.2 Å². The van der Waals surface area contributed by atoms with Gasteiger partial charge in [0, 0.05) is 32.6 Å². The smallest absolute Gasteiger partial charge is 0.146 e. The number of hydrogen-bond donors (Lipinski definition) is 1. The maximum atomic E-state index is 6.86. The predicted molar refractivity (Wildman–Crippen MR) is 141 cm³/mol. The van der Waals surface area contributed by atoms with Crippen LogP contribution >= 0.6 is 0 Å². The fourth-order valence-corrected chi connectivity index (χ4v) is 5.76. The average Bonchev–Trinajstić information content (AvgIpc) is 3.53. The fourth-order valence-electron chi connectivity index (χ4n) is 5.76. The van der Waals surface area contributed by atoms with Gasteiger partial charge in [0.15, 0.2) is 0 Å². The Morgan fingerprint density at radius 1 is 0.529 bits per heavy atom. The van der Waals surface area contributed by atoms with Crippen LogP contribution in [0, 0.1) is 0 Å². The van der Waals surface area contributed by atoms with E-state index in [2.05, 4.69) is 89.5 Å². The second-order valence-electron chi connectivity index (χ2n) is 8.82. The van der Waals surface area contributed by atoms with Crippen LogP contribution in [0.1, 0.15) is 0 Å². The highest BCUT2D eigenvalue weighted by Gasteiger charge is 2.26. The Morgan fingerprint density at radius 3 is 1.94 bits per heavy atom. The topological polar surface area (TPSA) is 49.0 Å². The van der Waals surface area contributed by atoms with Gasteiger partial charge in [-0.25, -0.2) is 0 Å². The number of fused-ring (bicyclic) bond motifs is 12. The molecule has 3 aromatic heterocycles. The van der Waals surface area contributed by atoms with Crippen molar-refractivity contribution < 1.29 is 4.42 Å². The summed E-state index contributed by atoms with van der Waals surface area (Å²) >= 11 is 0. The monoisotopic (exact) mass is 437 g/mol. The lowest BCUT2D eigenvalue weighted by Gasteiger charge is -2.10. The molecule has 4 nitrogen and oxygen atoms in total. The van der Waals surface area contributed by atoms with E-state index < -0.39 is 0 Å². The van der Waals surface area contributed by atoms with Crippen molar-refractivity contribution in [2.75, 3.05) is 5.84 Å². The number of nitrogen functional groups attached to an aromatic ring is 1. The first-order valence-corrected chi connectivity index (χ1v) is 11.4. The molecule has 0 spiro atoms. The number of rotatable bonds is 1. The van der Waals surface area contributed by atoms with Crippen LogP contribution in [-0.4, -0.2) is 9.24 Å². The minimum absolute atomic E-state index is 0.886. The van der Waals surface area contributed by atoms with Crippen LogP contribution in [-0.2, 0) is 0 Å². The highest BCUT2D eigenvalue weighted by molar-refractivity contribution is 6.39. The van der Waals surface area contributed by atoms with Crippen molar-refractivity contribution in [1.29, 1.82) is 0 Å². The van der Waals surface area contributed by atoms with Gasteiger partial charge in [-0.15, -0.1) is 0 Å². The van der Waals surface area contributed by atoms with Gasteiger partial charge in [-0.1, -0.05) is 72.8 Å². The number of para-hydroxylation sites is 4. The number of furan rings is 1. The summed E-state index contributed by atoms with van der Waals surface area (Å²) in [6.07, 6.45) is 0. The maximum Gasteiger partial charge on any atom is 0.146 e. The Morgan fingerprint density at radius 2 is 1.15 bits per heavy atom. The lowest BCUT2D eigenvalue weighted by atomic mass is 10.0. The molecule has 160 valence electrons. The molecule has 3 heterocycles. The van der Waals surface area contributed by atoms with Gasteiger partial charge in [0.2, 0.25) is 0 Å². The number of aromatic nitrogens is 2. The van der Waals surface area contributed by atoms with Crippen LogP contribution in [0.15, 0.2) is 108 Å².